The van der Waals surface area contributed by atoms with Gasteiger partial charge in [0, 0.05) is 36.2 Å². The zero-order valence-corrected chi connectivity index (χ0v) is 18.5. The first-order valence-corrected chi connectivity index (χ1v) is 9.29. The van der Waals surface area contributed by atoms with E-state index in [9.17, 15) is 0 Å². The third-order valence-corrected chi connectivity index (χ3v) is 5.52. The van der Waals surface area contributed by atoms with Gasteiger partial charge in [0.25, 0.3) is 0 Å². The quantitative estimate of drug-likeness (QED) is 0.278. The summed E-state index contributed by atoms with van der Waals surface area (Å²) in [5.41, 5.74) is 0.128. The van der Waals surface area contributed by atoms with Crippen molar-refractivity contribution in [1.29, 1.82) is 0 Å². The van der Waals surface area contributed by atoms with Crippen molar-refractivity contribution in [2.75, 3.05) is 13.7 Å². The Balaban J connectivity index is 0.00000288. The zero-order valence-electron chi connectivity index (χ0n) is 15.4. The molecule has 24 heavy (non-hydrogen) atoms. The predicted octanol–water partition coefficient (Wildman–Crippen LogP) is 3.72. The molecule has 2 atom stereocenters. The number of ether oxygens (including phenoxy) is 1. The molecule has 1 heterocycles. The van der Waals surface area contributed by atoms with Crippen LogP contribution in [0.25, 0.3) is 0 Å². The van der Waals surface area contributed by atoms with Crippen LogP contribution in [0.2, 0.25) is 0 Å². The smallest absolute Gasteiger partial charge is 0.191 e. The van der Waals surface area contributed by atoms with Gasteiger partial charge in [-0.25, -0.2) is 4.98 Å². The van der Waals surface area contributed by atoms with Crippen LogP contribution in [0.4, 0.5) is 0 Å². The summed E-state index contributed by atoms with van der Waals surface area (Å²) in [6.45, 7) is 10.4. The van der Waals surface area contributed by atoms with Gasteiger partial charge in [-0.3, -0.25) is 4.99 Å². The van der Waals surface area contributed by atoms with Gasteiger partial charge in [0.15, 0.2) is 5.96 Å². The van der Waals surface area contributed by atoms with Gasteiger partial charge < -0.3 is 15.4 Å². The molecule has 0 radical (unpaired) electrons. The summed E-state index contributed by atoms with van der Waals surface area (Å²) < 4.78 is 6.00. The van der Waals surface area contributed by atoms with E-state index >= 15 is 0 Å². The SMILES string of the molecule is CCCCOC1CC(NC(=NC)NCc2ncc(C)s2)C1(C)C.I. The molecule has 1 aliphatic rings. The van der Waals surface area contributed by atoms with Crippen LogP contribution in [0.15, 0.2) is 11.2 Å². The Kier molecular flexibility index (Phi) is 8.94. The van der Waals surface area contributed by atoms with Crippen LogP contribution in [-0.4, -0.2) is 36.7 Å². The fourth-order valence-corrected chi connectivity index (χ4v) is 3.51. The number of unbranched alkanes of at least 4 members (excludes halogenated alkanes) is 1. The van der Waals surface area contributed by atoms with Crippen molar-refractivity contribution in [2.24, 2.45) is 10.4 Å². The van der Waals surface area contributed by atoms with Crippen molar-refractivity contribution in [1.82, 2.24) is 15.6 Å². The number of rotatable bonds is 7. The molecule has 1 aliphatic carbocycles. The molecule has 2 unspecified atom stereocenters. The number of hydrogen-bond acceptors (Lipinski definition) is 4. The Bertz CT molecular complexity index is 532. The highest BCUT2D eigenvalue weighted by Gasteiger charge is 2.49. The Morgan fingerprint density at radius 2 is 2.25 bits per heavy atom. The maximum absolute atomic E-state index is 6.00. The monoisotopic (exact) mass is 466 g/mol. The van der Waals surface area contributed by atoms with Crippen LogP contribution in [0.3, 0.4) is 0 Å². The number of aryl methyl sites for hydroxylation is 1. The molecule has 0 aliphatic heterocycles. The highest BCUT2D eigenvalue weighted by molar-refractivity contribution is 14.0. The van der Waals surface area contributed by atoms with E-state index in [0.717, 1.165) is 30.4 Å². The summed E-state index contributed by atoms with van der Waals surface area (Å²) in [4.78, 5) is 9.93. The van der Waals surface area contributed by atoms with Gasteiger partial charge >= 0.3 is 0 Å². The molecule has 2 N–H and O–H groups in total. The molecular formula is C17H31IN4OS. The molecule has 138 valence electrons. The molecule has 1 aromatic heterocycles. The molecule has 0 aromatic carbocycles. The summed E-state index contributed by atoms with van der Waals surface area (Å²) >= 11 is 1.71. The van der Waals surface area contributed by atoms with Gasteiger partial charge in [-0.2, -0.15) is 0 Å². The van der Waals surface area contributed by atoms with E-state index in [1.165, 1.54) is 11.3 Å². The summed E-state index contributed by atoms with van der Waals surface area (Å²) in [6, 6.07) is 0.387. The van der Waals surface area contributed by atoms with E-state index in [-0.39, 0.29) is 29.4 Å². The summed E-state index contributed by atoms with van der Waals surface area (Å²) in [7, 11) is 1.81. The lowest BCUT2D eigenvalue weighted by molar-refractivity contribution is -0.113. The molecule has 0 saturated heterocycles. The fourth-order valence-electron chi connectivity index (χ4n) is 2.79. The van der Waals surface area contributed by atoms with E-state index in [2.05, 4.69) is 48.3 Å². The van der Waals surface area contributed by atoms with Crippen LogP contribution in [0.5, 0.6) is 0 Å². The summed E-state index contributed by atoms with van der Waals surface area (Å²) in [5, 5.41) is 7.96. The molecule has 7 heteroatoms. The van der Waals surface area contributed by atoms with Crippen molar-refractivity contribution in [3.8, 4) is 0 Å². The number of nitrogens with one attached hydrogen (secondary N) is 2. The van der Waals surface area contributed by atoms with Gasteiger partial charge in [-0.05, 0) is 19.8 Å². The van der Waals surface area contributed by atoms with Gasteiger partial charge in [-0.1, -0.05) is 27.2 Å². The normalized spacial score (nSPS) is 22.5. The summed E-state index contributed by atoms with van der Waals surface area (Å²) in [5.74, 6) is 0.836. The number of hydrogen-bond donors (Lipinski definition) is 2. The topological polar surface area (TPSA) is 58.5 Å². The van der Waals surface area contributed by atoms with Crippen molar-refractivity contribution in [3.63, 3.8) is 0 Å². The number of aromatic nitrogens is 1. The summed E-state index contributed by atoms with van der Waals surface area (Å²) in [6.07, 6.45) is 5.60. The number of guanidine groups is 1. The highest BCUT2D eigenvalue weighted by atomic mass is 127. The molecule has 0 amide bonds. The van der Waals surface area contributed by atoms with Crippen LogP contribution in [0.1, 0.15) is 49.9 Å². The molecule has 0 spiro atoms. The molecule has 5 nitrogen and oxygen atoms in total. The molecule has 0 bridgehead atoms. The van der Waals surface area contributed by atoms with Crippen LogP contribution >= 0.6 is 35.3 Å². The Labute approximate surface area is 167 Å². The second-order valence-corrected chi connectivity index (χ2v) is 8.08. The Morgan fingerprint density at radius 3 is 2.79 bits per heavy atom. The number of aliphatic imine (C=N–C) groups is 1. The second-order valence-electron chi connectivity index (χ2n) is 6.76. The lowest BCUT2D eigenvalue weighted by Crippen LogP contribution is -2.63. The van der Waals surface area contributed by atoms with Gasteiger partial charge in [-0.15, -0.1) is 35.3 Å². The standard InChI is InChI=1S/C17H30N4OS.HI/c1-6-7-8-22-14-9-13(17(14,3)4)21-16(18-5)20-11-15-19-10-12(2)23-15;/h10,13-14H,6-9,11H2,1-5H3,(H2,18,20,21);1H. The minimum atomic E-state index is 0. The average Bonchev–Trinajstić information content (AvgIpc) is 2.94. The maximum Gasteiger partial charge on any atom is 0.191 e. The van der Waals surface area contributed by atoms with Crippen molar-refractivity contribution in [2.45, 2.75) is 65.6 Å². The first kappa shape index (κ1) is 21.6. The van der Waals surface area contributed by atoms with Gasteiger partial charge in [0.1, 0.15) is 5.01 Å². The van der Waals surface area contributed by atoms with Crippen LogP contribution in [-0.2, 0) is 11.3 Å². The first-order chi connectivity index (χ1) is 11.0. The minimum absolute atomic E-state index is 0. The highest BCUT2D eigenvalue weighted by Crippen LogP contribution is 2.42. The van der Waals surface area contributed by atoms with Crippen molar-refractivity contribution >= 4 is 41.3 Å². The lowest BCUT2D eigenvalue weighted by atomic mass is 9.64. The number of nitrogens with zero attached hydrogens (tertiary/aromatic N) is 2. The molecule has 1 saturated carbocycles. The van der Waals surface area contributed by atoms with Crippen LogP contribution < -0.4 is 10.6 Å². The van der Waals surface area contributed by atoms with Crippen molar-refractivity contribution in [3.05, 3.63) is 16.1 Å². The fraction of sp³-hybridized carbons (Fsp3) is 0.765. The van der Waals surface area contributed by atoms with E-state index in [1.54, 1.807) is 11.3 Å². The van der Waals surface area contributed by atoms with Gasteiger partial charge in [0.2, 0.25) is 0 Å². The molecular weight excluding hydrogens is 435 g/mol. The minimum Gasteiger partial charge on any atom is -0.378 e. The molecule has 2 rings (SSSR count). The zero-order chi connectivity index (χ0) is 16.9. The van der Waals surface area contributed by atoms with E-state index in [4.69, 9.17) is 4.74 Å². The predicted molar refractivity (Wildman–Crippen MR) is 112 cm³/mol. The largest absolute Gasteiger partial charge is 0.378 e. The second kappa shape index (κ2) is 9.91. The maximum atomic E-state index is 6.00. The number of thiazole rings is 1. The Hall–Kier alpha value is -0.410. The molecule has 1 aromatic rings. The first-order valence-electron chi connectivity index (χ1n) is 8.47. The molecule has 1 fully saturated rings. The van der Waals surface area contributed by atoms with E-state index in [1.807, 2.05) is 13.2 Å². The average molecular weight is 466 g/mol. The van der Waals surface area contributed by atoms with Gasteiger partial charge in [0.05, 0.1) is 12.6 Å². The third-order valence-electron chi connectivity index (χ3n) is 4.61. The third kappa shape index (κ3) is 5.56. The Morgan fingerprint density at radius 1 is 1.50 bits per heavy atom. The van der Waals surface area contributed by atoms with Crippen molar-refractivity contribution < 1.29 is 4.74 Å². The van der Waals surface area contributed by atoms with E-state index < -0.39 is 0 Å². The van der Waals surface area contributed by atoms with E-state index in [0.29, 0.717) is 18.7 Å². The lowest BCUT2D eigenvalue weighted by Gasteiger charge is -2.52. The van der Waals surface area contributed by atoms with Crippen LogP contribution in [0, 0.1) is 12.3 Å². The number of halogens is 1.